The smallest absolute Gasteiger partial charge is 0.224 e. The molecule has 0 radical (unpaired) electrons. The van der Waals surface area contributed by atoms with Crippen LogP contribution in [0.1, 0.15) is 18.3 Å². The Morgan fingerprint density at radius 3 is 2.53 bits per heavy atom. The molecule has 0 saturated carbocycles. The molecule has 2 rings (SSSR count). The molecule has 0 aliphatic rings. The highest BCUT2D eigenvalue weighted by molar-refractivity contribution is 6.34. The molecule has 0 spiro atoms. The van der Waals surface area contributed by atoms with Crippen LogP contribution in [-0.4, -0.2) is 9.97 Å². The quantitative estimate of drug-likeness (QED) is 0.728. The highest BCUT2D eigenvalue weighted by Crippen LogP contribution is 2.31. The minimum absolute atomic E-state index is 0.169. The molecule has 1 heterocycles. The van der Waals surface area contributed by atoms with E-state index >= 15 is 0 Å². The molecule has 1 aromatic carbocycles. The van der Waals surface area contributed by atoms with Crippen molar-refractivity contribution in [2.24, 2.45) is 0 Å². The molecule has 1 aromatic heterocycles. The maximum atomic E-state index is 12.5. The number of hydrogen-bond donors (Lipinski definition) is 0. The number of aryl methyl sites for hydroxylation is 1. The Morgan fingerprint density at radius 1 is 1.24 bits per heavy atom. The summed E-state index contributed by atoms with van der Waals surface area (Å²) in [6.45, 7) is 1.85. The first-order valence-corrected chi connectivity index (χ1v) is 5.33. The van der Waals surface area contributed by atoms with Gasteiger partial charge in [0.1, 0.15) is 5.15 Å². The Hall–Kier alpha value is -1.36. The van der Waals surface area contributed by atoms with Gasteiger partial charge in [-0.1, -0.05) is 30.7 Å². The third-order valence-electron chi connectivity index (χ3n) is 2.40. The van der Waals surface area contributed by atoms with Gasteiger partial charge in [-0.2, -0.15) is 13.2 Å². The molecular formula is C11H8ClF3N2. The van der Waals surface area contributed by atoms with Gasteiger partial charge < -0.3 is 0 Å². The Bertz CT molecular complexity index is 566. The fraction of sp³-hybridized carbons (Fsp3) is 0.273. The van der Waals surface area contributed by atoms with Crippen molar-refractivity contribution < 1.29 is 13.2 Å². The Balaban J connectivity index is 2.79. The fourth-order valence-corrected chi connectivity index (χ4v) is 1.82. The van der Waals surface area contributed by atoms with Crippen LogP contribution in [0.15, 0.2) is 18.2 Å². The molecule has 6 heteroatoms. The average Bonchev–Trinajstić information content (AvgIpc) is 2.27. The van der Waals surface area contributed by atoms with E-state index in [1.807, 2.05) is 6.92 Å². The topological polar surface area (TPSA) is 25.8 Å². The number of nitrogens with zero attached hydrogens (tertiary/aromatic N) is 2. The first kappa shape index (κ1) is 12.1. The van der Waals surface area contributed by atoms with Crippen LogP contribution in [0.25, 0.3) is 10.9 Å². The lowest BCUT2D eigenvalue weighted by molar-refractivity contribution is -0.144. The van der Waals surface area contributed by atoms with E-state index in [9.17, 15) is 13.2 Å². The van der Waals surface area contributed by atoms with E-state index in [0.29, 0.717) is 11.8 Å². The predicted molar refractivity (Wildman–Crippen MR) is 58.9 cm³/mol. The fourth-order valence-electron chi connectivity index (χ4n) is 1.59. The summed E-state index contributed by atoms with van der Waals surface area (Å²) in [7, 11) is 0. The lowest BCUT2D eigenvalue weighted by atomic mass is 10.1. The third-order valence-corrected chi connectivity index (χ3v) is 2.69. The zero-order valence-corrected chi connectivity index (χ0v) is 9.60. The van der Waals surface area contributed by atoms with Crippen molar-refractivity contribution >= 4 is 22.5 Å². The molecule has 17 heavy (non-hydrogen) atoms. The van der Waals surface area contributed by atoms with Gasteiger partial charge in [-0.3, -0.25) is 0 Å². The second-order valence-corrected chi connectivity index (χ2v) is 3.86. The zero-order valence-electron chi connectivity index (χ0n) is 8.85. The van der Waals surface area contributed by atoms with Gasteiger partial charge in [-0.15, -0.1) is 0 Å². The first-order valence-electron chi connectivity index (χ1n) is 4.96. The maximum absolute atomic E-state index is 12.5. The average molecular weight is 261 g/mol. The van der Waals surface area contributed by atoms with Gasteiger partial charge in [0.2, 0.25) is 5.82 Å². The Morgan fingerprint density at radius 2 is 1.94 bits per heavy atom. The van der Waals surface area contributed by atoms with Crippen LogP contribution in [0.4, 0.5) is 13.2 Å². The summed E-state index contributed by atoms with van der Waals surface area (Å²) in [5.74, 6) is -1.20. The maximum Gasteiger partial charge on any atom is 0.451 e. The van der Waals surface area contributed by atoms with Crippen molar-refractivity contribution in [2.75, 3.05) is 0 Å². The zero-order chi connectivity index (χ0) is 12.6. The number of aromatic nitrogens is 2. The number of halogens is 4. The van der Waals surface area contributed by atoms with Crippen molar-refractivity contribution in [3.05, 3.63) is 34.7 Å². The van der Waals surface area contributed by atoms with E-state index in [-0.39, 0.29) is 10.7 Å². The molecular weight excluding hydrogens is 253 g/mol. The van der Waals surface area contributed by atoms with E-state index < -0.39 is 12.0 Å². The van der Waals surface area contributed by atoms with Crippen molar-refractivity contribution in [2.45, 2.75) is 19.5 Å². The number of benzene rings is 1. The van der Waals surface area contributed by atoms with Gasteiger partial charge in [-0.05, 0) is 18.1 Å². The molecule has 0 fully saturated rings. The van der Waals surface area contributed by atoms with Crippen LogP contribution >= 0.6 is 11.6 Å². The number of hydrogen-bond acceptors (Lipinski definition) is 2. The normalized spacial score (nSPS) is 12.1. The van der Waals surface area contributed by atoms with E-state index in [1.54, 1.807) is 18.2 Å². The highest BCUT2D eigenvalue weighted by Gasteiger charge is 2.35. The summed E-state index contributed by atoms with van der Waals surface area (Å²) in [6.07, 6.45) is -4.00. The molecule has 0 bridgehead atoms. The van der Waals surface area contributed by atoms with E-state index in [2.05, 4.69) is 9.97 Å². The van der Waals surface area contributed by atoms with Gasteiger partial charge >= 0.3 is 6.18 Å². The standard InChI is InChI=1S/C11H8ClF3N2/c1-2-6-4-3-5-7-8(6)16-10(11(13,14)15)17-9(7)12/h3-5H,2H2,1H3. The van der Waals surface area contributed by atoms with Gasteiger partial charge in [0.25, 0.3) is 0 Å². The minimum Gasteiger partial charge on any atom is -0.224 e. The highest BCUT2D eigenvalue weighted by atomic mass is 35.5. The Kier molecular flexibility index (Phi) is 2.95. The van der Waals surface area contributed by atoms with Gasteiger partial charge in [-0.25, -0.2) is 9.97 Å². The molecule has 0 atom stereocenters. The van der Waals surface area contributed by atoms with Crippen molar-refractivity contribution in [3.63, 3.8) is 0 Å². The molecule has 2 nitrogen and oxygen atoms in total. The largest absolute Gasteiger partial charge is 0.451 e. The van der Waals surface area contributed by atoms with Crippen molar-refractivity contribution in [1.29, 1.82) is 0 Å². The second kappa shape index (κ2) is 4.14. The molecule has 0 aliphatic heterocycles. The van der Waals surface area contributed by atoms with E-state index in [0.717, 1.165) is 5.56 Å². The minimum atomic E-state index is -4.58. The van der Waals surface area contributed by atoms with Gasteiger partial charge in [0.15, 0.2) is 0 Å². The predicted octanol–water partition coefficient (Wildman–Crippen LogP) is 3.86. The number of rotatable bonds is 1. The van der Waals surface area contributed by atoms with Gasteiger partial charge in [0.05, 0.1) is 5.52 Å². The molecule has 0 N–H and O–H groups in total. The lowest BCUT2D eigenvalue weighted by Crippen LogP contribution is -2.11. The second-order valence-electron chi connectivity index (χ2n) is 3.50. The SMILES string of the molecule is CCc1cccc2c(Cl)nc(C(F)(F)F)nc12. The summed E-state index contributed by atoms with van der Waals surface area (Å²) in [5.41, 5.74) is 0.986. The molecule has 0 saturated heterocycles. The third kappa shape index (κ3) is 2.20. The summed E-state index contributed by atoms with van der Waals surface area (Å²) in [5, 5.41) is 0.275. The number of fused-ring (bicyclic) bond motifs is 1. The molecule has 0 unspecified atom stereocenters. The van der Waals surface area contributed by atoms with E-state index in [1.165, 1.54) is 0 Å². The van der Waals surface area contributed by atoms with Crippen molar-refractivity contribution in [1.82, 2.24) is 9.97 Å². The number of alkyl halides is 3. The lowest BCUT2D eigenvalue weighted by Gasteiger charge is -2.09. The number of para-hydroxylation sites is 1. The summed E-state index contributed by atoms with van der Waals surface area (Å²) in [6, 6.07) is 5.06. The van der Waals surface area contributed by atoms with Crippen LogP contribution in [-0.2, 0) is 12.6 Å². The summed E-state index contributed by atoms with van der Waals surface area (Å²) < 4.78 is 37.6. The monoisotopic (exact) mass is 260 g/mol. The van der Waals surface area contributed by atoms with Crippen LogP contribution in [0.3, 0.4) is 0 Å². The molecule has 0 aliphatic carbocycles. The van der Waals surface area contributed by atoms with Crippen LogP contribution < -0.4 is 0 Å². The van der Waals surface area contributed by atoms with Crippen LogP contribution in [0, 0.1) is 0 Å². The summed E-state index contributed by atoms with van der Waals surface area (Å²) in [4.78, 5) is 6.83. The van der Waals surface area contributed by atoms with Crippen LogP contribution in [0.2, 0.25) is 5.15 Å². The summed E-state index contributed by atoms with van der Waals surface area (Å²) >= 11 is 5.75. The Labute approximate surface area is 100 Å². The van der Waals surface area contributed by atoms with E-state index in [4.69, 9.17) is 11.6 Å². The molecule has 90 valence electrons. The molecule has 0 amide bonds. The van der Waals surface area contributed by atoms with Crippen molar-refractivity contribution in [3.8, 4) is 0 Å². The van der Waals surface area contributed by atoms with Gasteiger partial charge in [0, 0.05) is 5.39 Å². The van der Waals surface area contributed by atoms with Crippen LogP contribution in [0.5, 0.6) is 0 Å². The molecule has 2 aromatic rings. The first-order chi connectivity index (χ1) is 7.93.